The van der Waals surface area contributed by atoms with Crippen LogP contribution in [0, 0.1) is 0 Å². The van der Waals surface area contributed by atoms with Crippen molar-refractivity contribution in [1.29, 1.82) is 0 Å². The molecule has 1 amide bonds. The van der Waals surface area contributed by atoms with Crippen LogP contribution in [0.4, 0.5) is 0 Å². The van der Waals surface area contributed by atoms with Gasteiger partial charge < -0.3 is 45.4 Å². The molecule has 10 nitrogen and oxygen atoms in total. The quantitative estimate of drug-likeness (QED) is 0.0235. The van der Waals surface area contributed by atoms with E-state index in [9.17, 15) is 35.4 Å². The van der Waals surface area contributed by atoms with E-state index in [1.54, 1.807) is 6.08 Å². The average Bonchev–Trinajstić information content (AvgIpc) is 3.23. The van der Waals surface area contributed by atoms with Crippen LogP contribution in [0.5, 0.6) is 0 Å². The van der Waals surface area contributed by atoms with Crippen LogP contribution in [0.25, 0.3) is 0 Å². The van der Waals surface area contributed by atoms with E-state index in [4.69, 9.17) is 9.47 Å². The van der Waals surface area contributed by atoms with Gasteiger partial charge in [0.2, 0.25) is 5.91 Å². The Balaban J connectivity index is 2.38. The van der Waals surface area contributed by atoms with Gasteiger partial charge in [0.25, 0.3) is 0 Å². The minimum absolute atomic E-state index is 0.304. The summed E-state index contributed by atoms with van der Waals surface area (Å²) in [6.07, 6.45) is 38.1. The third-order valence-electron chi connectivity index (χ3n) is 11.6. The van der Waals surface area contributed by atoms with Crippen molar-refractivity contribution in [1.82, 2.24) is 5.32 Å². The molecule has 10 heteroatoms. The summed E-state index contributed by atoms with van der Waals surface area (Å²) in [7, 11) is 0. The Morgan fingerprint density at radius 3 is 1.47 bits per heavy atom. The summed E-state index contributed by atoms with van der Waals surface area (Å²) < 4.78 is 11.1. The first-order chi connectivity index (χ1) is 28.8. The molecule has 7 N–H and O–H groups in total. The van der Waals surface area contributed by atoms with E-state index >= 15 is 0 Å². The number of ether oxygens (including phenoxy) is 2. The molecule has 1 aliphatic heterocycles. The third kappa shape index (κ3) is 29.3. The topological polar surface area (TPSA) is 169 Å². The lowest BCUT2D eigenvalue weighted by Gasteiger charge is -2.40. The van der Waals surface area contributed by atoms with Gasteiger partial charge >= 0.3 is 0 Å². The Bertz CT molecular complexity index is 1040. The minimum atomic E-state index is -1.62. The molecule has 59 heavy (non-hydrogen) atoms. The number of allylic oxidation sites excluding steroid dienone is 5. The standard InChI is InChI=1S/C49H91NO9/c1-3-5-7-9-11-13-15-17-19-20-21-22-23-24-26-28-30-32-34-36-38-43(53)48(57)50-41(40-58-49-47(56)46(55)45(54)44(39-51)59-49)42(52)37-35-33-31-29-27-25-18-16-14-12-10-8-6-4-2/h14,16,27,29,35,37,41-47,49,51-56H,3-13,15,17-26,28,30-34,36,38-40H2,1-2H3,(H,50,57)/b16-14+,29-27+,37-35+. The number of hydrogen-bond donors (Lipinski definition) is 7. The summed E-state index contributed by atoms with van der Waals surface area (Å²) in [4.78, 5) is 13.0. The number of amides is 1. The lowest BCUT2D eigenvalue weighted by Crippen LogP contribution is -2.60. The molecule has 346 valence electrons. The molecule has 0 aromatic rings. The van der Waals surface area contributed by atoms with Crippen molar-refractivity contribution in [2.24, 2.45) is 0 Å². The molecule has 8 unspecified atom stereocenters. The predicted octanol–water partition coefficient (Wildman–Crippen LogP) is 9.42. The number of unbranched alkanes of at least 4 members (excludes halogenated alkanes) is 25. The second kappa shape index (κ2) is 39.2. The van der Waals surface area contributed by atoms with Gasteiger partial charge in [-0.1, -0.05) is 198 Å². The monoisotopic (exact) mass is 838 g/mol. The Hall–Kier alpha value is -1.63. The number of rotatable bonds is 40. The summed E-state index contributed by atoms with van der Waals surface area (Å²) in [6.45, 7) is 3.57. The van der Waals surface area contributed by atoms with Gasteiger partial charge in [-0.2, -0.15) is 0 Å². The van der Waals surface area contributed by atoms with Crippen molar-refractivity contribution >= 4 is 5.91 Å². The lowest BCUT2D eigenvalue weighted by atomic mass is 9.99. The summed E-state index contributed by atoms with van der Waals surface area (Å²) in [5.74, 6) is -0.629. The summed E-state index contributed by atoms with van der Waals surface area (Å²) in [5, 5.41) is 64.7. The van der Waals surface area contributed by atoms with Gasteiger partial charge in [0.15, 0.2) is 6.29 Å². The number of hydrogen-bond acceptors (Lipinski definition) is 9. The SMILES string of the molecule is CCCCCC/C=C/CC/C=C/CC/C=C/C(O)C(COC1OC(CO)C(O)C(O)C1O)NC(=O)C(O)CCCCCCCCCCCCCCCCCCCCCC. The highest BCUT2D eigenvalue weighted by Crippen LogP contribution is 2.23. The van der Waals surface area contributed by atoms with Gasteiger partial charge in [-0.15, -0.1) is 0 Å². The van der Waals surface area contributed by atoms with E-state index in [0.717, 1.165) is 44.9 Å². The van der Waals surface area contributed by atoms with Gasteiger partial charge in [-0.05, 0) is 44.9 Å². The maximum Gasteiger partial charge on any atom is 0.249 e. The normalized spacial score (nSPS) is 21.5. The Morgan fingerprint density at radius 1 is 0.576 bits per heavy atom. The zero-order chi connectivity index (χ0) is 43.2. The van der Waals surface area contributed by atoms with Crippen LogP contribution in [0.3, 0.4) is 0 Å². The molecule has 0 bridgehead atoms. The van der Waals surface area contributed by atoms with Crippen LogP contribution >= 0.6 is 0 Å². The van der Waals surface area contributed by atoms with E-state index in [0.29, 0.717) is 19.3 Å². The molecule has 1 rings (SSSR count). The van der Waals surface area contributed by atoms with Crippen LogP contribution in [0.2, 0.25) is 0 Å². The highest BCUT2D eigenvalue weighted by atomic mass is 16.7. The first kappa shape index (κ1) is 55.4. The van der Waals surface area contributed by atoms with E-state index in [1.165, 1.54) is 128 Å². The molecule has 0 spiro atoms. The molecule has 0 aromatic carbocycles. The molecule has 1 heterocycles. The van der Waals surface area contributed by atoms with Crippen molar-refractivity contribution in [3.63, 3.8) is 0 Å². The predicted molar refractivity (Wildman–Crippen MR) is 241 cm³/mol. The highest BCUT2D eigenvalue weighted by Gasteiger charge is 2.44. The van der Waals surface area contributed by atoms with Crippen LogP contribution in [-0.2, 0) is 14.3 Å². The average molecular weight is 838 g/mol. The van der Waals surface area contributed by atoms with Crippen molar-refractivity contribution in [2.75, 3.05) is 13.2 Å². The van der Waals surface area contributed by atoms with Gasteiger partial charge in [-0.3, -0.25) is 4.79 Å². The number of nitrogens with one attached hydrogen (secondary N) is 1. The van der Waals surface area contributed by atoms with E-state index in [1.807, 2.05) is 6.08 Å². The largest absolute Gasteiger partial charge is 0.394 e. The third-order valence-corrected chi connectivity index (χ3v) is 11.6. The molecular weight excluding hydrogens is 747 g/mol. The molecule has 0 saturated carbocycles. The van der Waals surface area contributed by atoms with Crippen LogP contribution in [0.1, 0.15) is 206 Å². The molecule has 0 aromatic heterocycles. The van der Waals surface area contributed by atoms with Gasteiger partial charge in [0.1, 0.15) is 30.5 Å². The zero-order valence-electron chi connectivity index (χ0n) is 37.6. The molecule has 0 aliphatic carbocycles. The number of carbonyl (C=O) groups excluding carboxylic acids is 1. The van der Waals surface area contributed by atoms with Gasteiger partial charge in [-0.25, -0.2) is 0 Å². The smallest absolute Gasteiger partial charge is 0.249 e. The fourth-order valence-electron chi connectivity index (χ4n) is 7.55. The van der Waals surface area contributed by atoms with Crippen molar-refractivity contribution in [3.05, 3.63) is 36.5 Å². The highest BCUT2D eigenvalue weighted by molar-refractivity contribution is 5.80. The first-order valence-electron chi connectivity index (χ1n) is 24.3. The fraction of sp³-hybridized carbons (Fsp3) is 0.857. The van der Waals surface area contributed by atoms with Crippen molar-refractivity contribution in [3.8, 4) is 0 Å². The van der Waals surface area contributed by atoms with Crippen LogP contribution in [-0.4, -0.2) is 98.7 Å². The molecular formula is C49H91NO9. The Morgan fingerprint density at radius 2 is 1.00 bits per heavy atom. The Labute approximate surface area is 360 Å². The molecule has 1 saturated heterocycles. The Kier molecular flexibility index (Phi) is 36.8. The molecule has 1 aliphatic rings. The van der Waals surface area contributed by atoms with Gasteiger partial charge in [0.05, 0.1) is 25.4 Å². The molecule has 0 radical (unpaired) electrons. The summed E-state index contributed by atoms with van der Waals surface area (Å²) in [5.41, 5.74) is 0. The van der Waals surface area contributed by atoms with Crippen LogP contribution in [0.15, 0.2) is 36.5 Å². The zero-order valence-corrected chi connectivity index (χ0v) is 37.6. The number of aliphatic hydroxyl groups excluding tert-OH is 6. The van der Waals surface area contributed by atoms with E-state index in [2.05, 4.69) is 43.5 Å². The second-order valence-electron chi connectivity index (χ2n) is 17.0. The van der Waals surface area contributed by atoms with Gasteiger partial charge in [0, 0.05) is 0 Å². The second-order valence-corrected chi connectivity index (χ2v) is 17.0. The summed E-state index contributed by atoms with van der Waals surface area (Å²) in [6, 6.07) is -1.00. The maximum absolute atomic E-state index is 13.0. The van der Waals surface area contributed by atoms with Crippen molar-refractivity contribution < 1.29 is 44.9 Å². The molecule has 8 atom stereocenters. The van der Waals surface area contributed by atoms with E-state index < -0.39 is 61.5 Å². The summed E-state index contributed by atoms with van der Waals surface area (Å²) >= 11 is 0. The minimum Gasteiger partial charge on any atom is -0.394 e. The van der Waals surface area contributed by atoms with Crippen molar-refractivity contribution in [2.45, 2.75) is 255 Å². The van der Waals surface area contributed by atoms with Crippen LogP contribution < -0.4 is 5.32 Å². The maximum atomic E-state index is 13.0. The lowest BCUT2D eigenvalue weighted by molar-refractivity contribution is -0.302. The fourth-order valence-corrected chi connectivity index (χ4v) is 7.55. The van der Waals surface area contributed by atoms with E-state index in [-0.39, 0.29) is 6.61 Å². The number of carbonyl (C=O) groups is 1. The number of aliphatic hydroxyl groups is 6. The molecule has 1 fully saturated rings. The first-order valence-corrected chi connectivity index (χ1v) is 24.3.